The number of aliphatic hydroxyl groups excluding tert-OH is 1. The smallest absolute Gasteiger partial charge is 0.433 e. The molecule has 1 unspecified atom stereocenters. The van der Waals surface area contributed by atoms with Gasteiger partial charge in [0.25, 0.3) is 0 Å². The quantitative estimate of drug-likeness (QED) is 0.585. The zero-order valence-electron chi connectivity index (χ0n) is 17.9. The highest BCUT2D eigenvalue weighted by Crippen LogP contribution is 2.37. The third kappa shape index (κ3) is 4.39. The molecule has 4 N–H and O–H groups in total. The van der Waals surface area contributed by atoms with Crippen LogP contribution in [0.2, 0.25) is 0 Å². The van der Waals surface area contributed by atoms with Crippen LogP contribution in [0.3, 0.4) is 0 Å². The van der Waals surface area contributed by atoms with Crippen LogP contribution in [0.15, 0.2) is 23.1 Å². The van der Waals surface area contributed by atoms with Gasteiger partial charge in [-0.25, -0.2) is 19.8 Å². The molecule has 0 spiro atoms. The summed E-state index contributed by atoms with van der Waals surface area (Å²) >= 11 is 0. The average Bonchev–Trinajstić information content (AvgIpc) is 3.05. The maximum atomic E-state index is 13.8. The summed E-state index contributed by atoms with van der Waals surface area (Å²) in [5.74, 6) is -0.128. The highest BCUT2D eigenvalue weighted by molar-refractivity contribution is 5.85. The molecule has 4 atom stereocenters. The monoisotopic (exact) mass is 471 g/mol. The van der Waals surface area contributed by atoms with Gasteiger partial charge in [0, 0.05) is 18.3 Å². The van der Waals surface area contributed by atoms with Crippen molar-refractivity contribution in [2.24, 2.45) is 4.99 Å². The number of carbonyl (C=O) groups excluding carboxylic acids is 1. The van der Waals surface area contributed by atoms with Crippen molar-refractivity contribution in [2.45, 2.75) is 44.3 Å². The molecule has 1 aromatic rings. The van der Waals surface area contributed by atoms with Crippen molar-refractivity contribution < 1.29 is 32.5 Å². The lowest BCUT2D eigenvalue weighted by molar-refractivity contribution is -0.141. The van der Waals surface area contributed by atoms with Crippen molar-refractivity contribution in [3.05, 3.63) is 29.4 Å². The van der Waals surface area contributed by atoms with Gasteiger partial charge >= 0.3 is 12.3 Å². The highest BCUT2D eigenvalue weighted by Gasteiger charge is 2.44. The summed E-state index contributed by atoms with van der Waals surface area (Å²) in [6.45, 7) is 4.32. The summed E-state index contributed by atoms with van der Waals surface area (Å²) in [5.41, 5.74) is 3.87. The number of anilines is 1. The van der Waals surface area contributed by atoms with E-state index in [2.05, 4.69) is 20.3 Å². The number of morpholine rings is 1. The number of hydrogen-bond acceptors (Lipinski definition) is 10. The first kappa shape index (κ1) is 23.0. The number of nitrogen functional groups attached to an aromatic ring is 1. The van der Waals surface area contributed by atoms with Crippen LogP contribution in [0.5, 0.6) is 0 Å². The van der Waals surface area contributed by atoms with Crippen LogP contribution in [0, 0.1) is 0 Å². The van der Waals surface area contributed by atoms with E-state index in [1.807, 2.05) is 11.8 Å². The maximum absolute atomic E-state index is 13.8. The zero-order valence-corrected chi connectivity index (χ0v) is 17.9. The van der Waals surface area contributed by atoms with Crippen LogP contribution in [0.4, 0.5) is 23.9 Å². The van der Waals surface area contributed by atoms with Gasteiger partial charge < -0.3 is 30.5 Å². The van der Waals surface area contributed by atoms with Crippen LogP contribution in [-0.4, -0.2) is 81.5 Å². The van der Waals surface area contributed by atoms with E-state index in [0.717, 1.165) is 6.20 Å². The number of carbonyl (C=O) groups is 1. The lowest BCUT2D eigenvalue weighted by atomic mass is 10.0. The summed E-state index contributed by atoms with van der Waals surface area (Å²) in [6, 6.07) is -2.05. The van der Waals surface area contributed by atoms with E-state index in [1.54, 1.807) is 6.92 Å². The van der Waals surface area contributed by atoms with E-state index in [1.165, 1.54) is 11.0 Å². The van der Waals surface area contributed by atoms with Gasteiger partial charge in [0.15, 0.2) is 5.69 Å². The third-order valence-corrected chi connectivity index (χ3v) is 5.68. The minimum absolute atomic E-state index is 0.132. The Kier molecular flexibility index (Phi) is 6.05. The van der Waals surface area contributed by atoms with Crippen molar-refractivity contribution in [3.63, 3.8) is 0 Å². The van der Waals surface area contributed by atoms with Gasteiger partial charge in [-0.05, 0) is 19.9 Å². The largest absolute Gasteiger partial charge is 0.444 e. The number of nitrogens with zero attached hydrogens (tertiary/aromatic N) is 5. The SMILES string of the molecule is C[C@H]1OC(=O)N(C2=CC(c3cnc(N)nc3C(F)(F)F)N=C(N3CCOC[C@@H]3C)N2)[C@H]1CO. The highest BCUT2D eigenvalue weighted by atomic mass is 19.4. The standard InChI is InChI=1S/C19H24F3N7O4/c1-9-8-32-4-3-28(9)17-25-12(11-6-24-16(23)27-15(11)19(20,21)22)5-14(26-17)29-13(7-30)10(2)33-18(29)31/h5-6,9-10,12-13,30H,3-4,7-8H2,1-2H3,(H,25,26)(H2,23,24,27)/t9-,10+,12?,13-/m0/s1. The number of aromatic nitrogens is 2. The van der Waals surface area contributed by atoms with E-state index in [4.69, 9.17) is 15.2 Å². The van der Waals surface area contributed by atoms with Gasteiger partial charge in [-0.3, -0.25) is 4.90 Å². The number of hydrogen-bond donors (Lipinski definition) is 3. The second-order valence-electron chi connectivity index (χ2n) is 7.93. The molecule has 14 heteroatoms. The van der Waals surface area contributed by atoms with Crippen LogP contribution >= 0.6 is 0 Å². The first-order valence-corrected chi connectivity index (χ1v) is 10.3. The molecule has 4 heterocycles. The zero-order chi connectivity index (χ0) is 23.9. The Morgan fingerprint density at radius 3 is 2.79 bits per heavy atom. The number of halogens is 3. The minimum atomic E-state index is -4.80. The molecule has 0 radical (unpaired) electrons. The molecule has 0 saturated carbocycles. The number of rotatable bonds is 3. The fraction of sp³-hybridized carbons (Fsp3) is 0.579. The van der Waals surface area contributed by atoms with Crippen molar-refractivity contribution in [3.8, 4) is 0 Å². The number of amides is 1. The maximum Gasteiger partial charge on any atom is 0.433 e. The average molecular weight is 471 g/mol. The normalized spacial score (nSPS) is 28.2. The van der Waals surface area contributed by atoms with Crippen molar-refractivity contribution >= 4 is 18.0 Å². The van der Waals surface area contributed by atoms with Crippen molar-refractivity contribution in [1.82, 2.24) is 25.1 Å². The number of aliphatic hydroxyl groups is 1. The van der Waals surface area contributed by atoms with Crippen LogP contribution in [0.25, 0.3) is 0 Å². The summed E-state index contributed by atoms with van der Waals surface area (Å²) in [5, 5.41) is 12.8. The second kappa shape index (κ2) is 8.67. The molecule has 0 aliphatic carbocycles. The number of aliphatic imine (C=N–C) groups is 1. The number of ether oxygens (including phenoxy) is 2. The van der Waals surface area contributed by atoms with Gasteiger partial charge in [-0.2, -0.15) is 13.2 Å². The lowest BCUT2D eigenvalue weighted by Gasteiger charge is -2.39. The van der Waals surface area contributed by atoms with Gasteiger partial charge in [0.05, 0.1) is 25.9 Å². The molecule has 2 fully saturated rings. The minimum Gasteiger partial charge on any atom is -0.444 e. The topological polar surface area (TPSA) is 138 Å². The lowest BCUT2D eigenvalue weighted by Crippen LogP contribution is -2.55. The Bertz CT molecular complexity index is 987. The number of guanidine groups is 1. The van der Waals surface area contributed by atoms with E-state index >= 15 is 0 Å². The fourth-order valence-corrected chi connectivity index (χ4v) is 3.99. The number of nitrogens with one attached hydrogen (secondary N) is 1. The van der Waals surface area contributed by atoms with Crippen LogP contribution in [0.1, 0.15) is 31.1 Å². The van der Waals surface area contributed by atoms with E-state index in [0.29, 0.717) is 19.8 Å². The second-order valence-corrected chi connectivity index (χ2v) is 7.93. The first-order valence-electron chi connectivity index (χ1n) is 10.3. The summed E-state index contributed by atoms with van der Waals surface area (Å²) in [6.07, 6.45) is -3.84. The molecule has 0 aromatic carbocycles. The number of nitrogens with two attached hydrogens (primary N) is 1. The summed E-state index contributed by atoms with van der Waals surface area (Å²) in [7, 11) is 0. The predicted molar refractivity (Wildman–Crippen MR) is 108 cm³/mol. The first-order chi connectivity index (χ1) is 15.6. The Hall–Kier alpha value is -3.13. The van der Waals surface area contributed by atoms with Crippen LogP contribution < -0.4 is 11.1 Å². The number of cyclic esters (lactones) is 1. The molecule has 3 aliphatic heterocycles. The van der Waals surface area contributed by atoms with Crippen molar-refractivity contribution in [1.29, 1.82) is 0 Å². The van der Waals surface area contributed by atoms with Gasteiger partial charge in [-0.15, -0.1) is 0 Å². The predicted octanol–water partition coefficient (Wildman–Crippen LogP) is 0.842. The molecule has 0 bridgehead atoms. The Labute approximate surface area is 187 Å². The van der Waals surface area contributed by atoms with Gasteiger partial charge in [0.2, 0.25) is 11.9 Å². The fourth-order valence-electron chi connectivity index (χ4n) is 3.99. The van der Waals surface area contributed by atoms with E-state index in [-0.39, 0.29) is 23.4 Å². The molecular formula is C19H24F3N7O4. The molecule has 11 nitrogen and oxygen atoms in total. The Morgan fingerprint density at radius 1 is 1.36 bits per heavy atom. The Balaban J connectivity index is 1.81. The van der Waals surface area contributed by atoms with Gasteiger partial charge in [0.1, 0.15) is 24.0 Å². The molecule has 33 heavy (non-hydrogen) atoms. The molecule has 1 aromatic heterocycles. The third-order valence-electron chi connectivity index (χ3n) is 5.68. The Morgan fingerprint density at radius 2 is 2.12 bits per heavy atom. The molecule has 1 amide bonds. The van der Waals surface area contributed by atoms with Crippen molar-refractivity contribution in [2.75, 3.05) is 32.1 Å². The number of alkyl halides is 3. The summed E-state index contributed by atoms with van der Waals surface area (Å²) < 4.78 is 51.9. The van der Waals surface area contributed by atoms with E-state index < -0.39 is 48.7 Å². The molecule has 4 rings (SSSR count). The molecule has 180 valence electrons. The molecule has 2 saturated heterocycles. The molecule has 3 aliphatic rings. The molecular weight excluding hydrogens is 447 g/mol. The van der Waals surface area contributed by atoms with E-state index in [9.17, 15) is 23.1 Å². The van der Waals surface area contributed by atoms with Gasteiger partial charge in [-0.1, -0.05) is 0 Å². The van der Waals surface area contributed by atoms with Crippen LogP contribution in [-0.2, 0) is 15.7 Å². The summed E-state index contributed by atoms with van der Waals surface area (Å²) in [4.78, 5) is 27.2.